The fraction of sp³-hybridized carbons (Fsp3) is 0.703. The van der Waals surface area contributed by atoms with E-state index in [1.54, 1.807) is 0 Å². The summed E-state index contributed by atoms with van der Waals surface area (Å²) in [6.45, 7) is 12.8. The van der Waals surface area contributed by atoms with Crippen molar-refractivity contribution in [2.75, 3.05) is 13.1 Å². The van der Waals surface area contributed by atoms with Crippen LogP contribution in [0.2, 0.25) is 0 Å². The molecule has 1 saturated heterocycles. The smallest absolute Gasteiger partial charge is 0.247 e. The summed E-state index contributed by atoms with van der Waals surface area (Å²) in [5.41, 5.74) is 0.309. The minimum atomic E-state index is -1.05. The number of amides is 3. The number of benzene rings is 1. The van der Waals surface area contributed by atoms with E-state index in [1.165, 1.54) is 12.8 Å². The van der Waals surface area contributed by atoms with Crippen LogP contribution in [0.1, 0.15) is 111 Å². The van der Waals surface area contributed by atoms with Gasteiger partial charge in [0.05, 0.1) is 6.04 Å². The minimum Gasteiger partial charge on any atom is -0.386 e. The lowest BCUT2D eigenvalue weighted by Crippen LogP contribution is -2.59. The van der Waals surface area contributed by atoms with Crippen LogP contribution in [0.5, 0.6) is 0 Å². The molecule has 1 unspecified atom stereocenters. The topological polar surface area (TPSA) is 111 Å². The second kappa shape index (κ2) is 15.3. The maximum atomic E-state index is 14.0. The van der Waals surface area contributed by atoms with Crippen LogP contribution < -0.4 is 16.0 Å². The number of β-amino-alcohol motifs (C(OH)–C–C–N with tert-alkyl or cyclic N) is 1. The van der Waals surface area contributed by atoms with Gasteiger partial charge in [-0.1, -0.05) is 89.6 Å². The van der Waals surface area contributed by atoms with E-state index < -0.39 is 17.6 Å². The molecule has 0 spiro atoms. The SMILES string of the molecule is CC(C)(C)NC(=O)[C@@H]1C[C@@H]2CCCCC2CN1C[C@@H](O)/C(=C/c1ccccc1)NC(=O)[C@@H](NC(=O)C1CCCCC1)C(C)(C)C. The fourth-order valence-electron chi connectivity index (χ4n) is 7.41. The summed E-state index contributed by atoms with van der Waals surface area (Å²) >= 11 is 0. The third kappa shape index (κ3) is 10.1. The van der Waals surface area contributed by atoms with Gasteiger partial charge in [-0.05, 0) is 75.3 Å². The monoisotopic (exact) mass is 622 g/mol. The van der Waals surface area contributed by atoms with Gasteiger partial charge in [0.15, 0.2) is 0 Å². The van der Waals surface area contributed by atoms with Gasteiger partial charge in [-0.2, -0.15) is 0 Å². The molecule has 3 amide bonds. The van der Waals surface area contributed by atoms with Crippen LogP contribution in [0.4, 0.5) is 0 Å². The van der Waals surface area contributed by atoms with Gasteiger partial charge in [0, 0.05) is 30.2 Å². The summed E-state index contributed by atoms with van der Waals surface area (Å²) < 4.78 is 0. The molecule has 2 aliphatic carbocycles. The van der Waals surface area contributed by atoms with Gasteiger partial charge in [0.25, 0.3) is 0 Å². The van der Waals surface area contributed by atoms with Crippen molar-refractivity contribution in [2.24, 2.45) is 23.2 Å². The number of fused-ring (bicyclic) bond motifs is 1. The van der Waals surface area contributed by atoms with Crippen LogP contribution in [0.3, 0.4) is 0 Å². The number of likely N-dealkylation sites (tertiary alicyclic amines) is 1. The van der Waals surface area contributed by atoms with E-state index in [4.69, 9.17) is 0 Å². The van der Waals surface area contributed by atoms with Crippen molar-refractivity contribution in [2.45, 2.75) is 129 Å². The zero-order valence-corrected chi connectivity index (χ0v) is 28.5. The van der Waals surface area contributed by atoms with Crippen LogP contribution in [0.25, 0.3) is 6.08 Å². The van der Waals surface area contributed by atoms with Gasteiger partial charge in [0.2, 0.25) is 17.7 Å². The Bertz CT molecular complexity index is 1180. The number of aliphatic hydroxyl groups is 1. The number of piperidine rings is 1. The number of aliphatic hydroxyl groups excluding tert-OH is 1. The maximum absolute atomic E-state index is 14.0. The van der Waals surface area contributed by atoms with Gasteiger partial charge in [-0.3, -0.25) is 19.3 Å². The largest absolute Gasteiger partial charge is 0.386 e. The highest BCUT2D eigenvalue weighted by molar-refractivity contribution is 5.90. The quantitative estimate of drug-likeness (QED) is 0.294. The van der Waals surface area contributed by atoms with Crippen molar-refractivity contribution in [3.63, 3.8) is 0 Å². The predicted molar refractivity (Wildman–Crippen MR) is 180 cm³/mol. The summed E-state index contributed by atoms with van der Waals surface area (Å²) in [5, 5.41) is 21.1. The zero-order valence-electron chi connectivity index (χ0n) is 28.5. The average molecular weight is 623 g/mol. The van der Waals surface area contributed by atoms with Crippen molar-refractivity contribution in [1.82, 2.24) is 20.9 Å². The Morgan fingerprint density at radius 3 is 2.13 bits per heavy atom. The van der Waals surface area contributed by atoms with E-state index >= 15 is 0 Å². The van der Waals surface area contributed by atoms with Crippen LogP contribution in [0.15, 0.2) is 36.0 Å². The fourth-order valence-corrected chi connectivity index (χ4v) is 7.41. The molecule has 250 valence electrons. The van der Waals surface area contributed by atoms with Crippen LogP contribution in [-0.4, -0.2) is 64.5 Å². The minimum absolute atomic E-state index is 0.00503. The lowest BCUT2D eigenvalue weighted by molar-refractivity contribution is -0.134. The van der Waals surface area contributed by atoms with E-state index in [1.807, 2.05) is 78.0 Å². The molecule has 1 aromatic rings. The summed E-state index contributed by atoms with van der Waals surface area (Å²) in [4.78, 5) is 42.9. The Balaban J connectivity index is 1.57. The maximum Gasteiger partial charge on any atom is 0.247 e. The van der Waals surface area contributed by atoms with Crippen LogP contribution in [-0.2, 0) is 14.4 Å². The molecule has 5 atom stereocenters. The molecule has 2 saturated carbocycles. The van der Waals surface area contributed by atoms with Gasteiger partial charge in [-0.15, -0.1) is 0 Å². The summed E-state index contributed by atoms with van der Waals surface area (Å²) in [6.07, 6.45) is 11.2. The molecule has 1 heterocycles. The highest BCUT2D eigenvalue weighted by Crippen LogP contribution is 2.39. The van der Waals surface area contributed by atoms with Crippen molar-refractivity contribution in [3.8, 4) is 0 Å². The first-order valence-corrected chi connectivity index (χ1v) is 17.3. The average Bonchev–Trinajstić information content (AvgIpc) is 2.98. The van der Waals surface area contributed by atoms with Gasteiger partial charge in [0.1, 0.15) is 12.1 Å². The third-order valence-electron chi connectivity index (χ3n) is 9.85. The number of hydrogen-bond donors (Lipinski definition) is 4. The predicted octanol–water partition coefficient (Wildman–Crippen LogP) is 5.41. The number of carbonyl (C=O) groups excluding carboxylic acids is 3. The standard InChI is InChI=1S/C37H58N4O4/c1-36(2,3)32(39-33(43)26-17-11-8-12-18-26)35(45)38-29(21-25-15-9-7-10-16-25)31(42)24-41-23-28-20-14-13-19-27(28)22-30(41)34(44)40-37(4,5)6/h7,9-10,15-16,21,26-28,30-32,42H,8,11-14,17-20,22-24H2,1-6H3,(H,38,45)(H,39,43)(H,40,44)/b29-21-/t27-,28?,30-,31+,32+/m0/s1. The van der Waals surface area contributed by atoms with Gasteiger partial charge >= 0.3 is 0 Å². The first kappa shape index (κ1) is 35.1. The molecule has 4 rings (SSSR count). The summed E-state index contributed by atoms with van der Waals surface area (Å²) in [7, 11) is 0. The molecular weight excluding hydrogens is 564 g/mol. The van der Waals surface area contributed by atoms with E-state index in [0.717, 1.165) is 63.5 Å². The Labute approximate surface area is 271 Å². The Morgan fingerprint density at radius 1 is 0.889 bits per heavy atom. The second-order valence-electron chi connectivity index (χ2n) is 15.9. The summed E-state index contributed by atoms with van der Waals surface area (Å²) in [5.74, 6) is 0.529. The van der Waals surface area contributed by atoms with E-state index in [0.29, 0.717) is 17.5 Å². The summed E-state index contributed by atoms with van der Waals surface area (Å²) in [6, 6.07) is 8.50. The van der Waals surface area contributed by atoms with Crippen LogP contribution in [0, 0.1) is 23.2 Å². The molecule has 45 heavy (non-hydrogen) atoms. The van der Waals surface area contributed by atoms with Crippen molar-refractivity contribution >= 4 is 23.8 Å². The normalized spacial score (nSPS) is 25.0. The van der Waals surface area contributed by atoms with Crippen LogP contribution >= 0.6 is 0 Å². The Hall–Kier alpha value is -2.71. The van der Waals surface area contributed by atoms with E-state index in [2.05, 4.69) is 20.9 Å². The van der Waals surface area contributed by atoms with Crippen molar-refractivity contribution in [3.05, 3.63) is 41.6 Å². The molecule has 0 aromatic heterocycles. The molecule has 8 heteroatoms. The number of hydrogen-bond acceptors (Lipinski definition) is 5. The van der Waals surface area contributed by atoms with Gasteiger partial charge < -0.3 is 21.1 Å². The Morgan fingerprint density at radius 2 is 1.51 bits per heavy atom. The molecule has 1 aromatic carbocycles. The lowest BCUT2D eigenvalue weighted by atomic mass is 9.72. The first-order valence-electron chi connectivity index (χ1n) is 17.3. The molecule has 0 radical (unpaired) electrons. The van der Waals surface area contributed by atoms with E-state index in [-0.39, 0.29) is 41.8 Å². The second-order valence-corrected chi connectivity index (χ2v) is 15.9. The van der Waals surface area contributed by atoms with E-state index in [9.17, 15) is 19.5 Å². The molecular formula is C37H58N4O4. The number of nitrogens with zero attached hydrogens (tertiary/aromatic N) is 1. The highest BCUT2D eigenvalue weighted by atomic mass is 16.3. The number of carbonyl (C=O) groups is 3. The highest BCUT2D eigenvalue weighted by Gasteiger charge is 2.42. The molecule has 8 nitrogen and oxygen atoms in total. The molecule has 4 N–H and O–H groups in total. The third-order valence-corrected chi connectivity index (χ3v) is 9.85. The first-order chi connectivity index (χ1) is 21.2. The molecule has 0 bridgehead atoms. The molecule has 3 aliphatic rings. The zero-order chi connectivity index (χ0) is 32.8. The Kier molecular flexibility index (Phi) is 11.9. The molecule has 3 fully saturated rings. The number of rotatable bonds is 9. The van der Waals surface area contributed by atoms with Gasteiger partial charge in [-0.25, -0.2) is 0 Å². The van der Waals surface area contributed by atoms with Crippen molar-refractivity contribution < 1.29 is 19.5 Å². The lowest BCUT2D eigenvalue weighted by Gasteiger charge is -2.46. The van der Waals surface area contributed by atoms with Crippen molar-refractivity contribution in [1.29, 1.82) is 0 Å². The molecule has 1 aliphatic heterocycles. The number of nitrogens with one attached hydrogen (secondary N) is 3.